The zero-order valence-electron chi connectivity index (χ0n) is 23.3. The van der Waals surface area contributed by atoms with Crippen molar-refractivity contribution in [2.75, 3.05) is 0 Å². The molecular formula is C38H24N4O. The number of nitrogens with zero attached hydrogens (tertiary/aromatic N) is 4. The Bertz CT molecular complexity index is 2700. The second-order valence-corrected chi connectivity index (χ2v) is 11.3. The van der Waals surface area contributed by atoms with Gasteiger partial charge in [-0.15, -0.1) is 0 Å². The van der Waals surface area contributed by atoms with Gasteiger partial charge >= 0.3 is 0 Å². The summed E-state index contributed by atoms with van der Waals surface area (Å²) in [5.41, 5.74) is 11.6. The molecule has 202 valence electrons. The molecule has 10 aromatic rings. The summed E-state index contributed by atoms with van der Waals surface area (Å²) < 4.78 is 13.7. The van der Waals surface area contributed by atoms with E-state index in [-0.39, 0.29) is 0 Å². The fourth-order valence-corrected chi connectivity index (χ4v) is 7.10. The van der Waals surface area contributed by atoms with Gasteiger partial charge in [0.2, 0.25) is 5.78 Å². The molecule has 0 spiro atoms. The van der Waals surface area contributed by atoms with Gasteiger partial charge in [0, 0.05) is 16.2 Å². The maximum absolute atomic E-state index is 6.82. The summed E-state index contributed by atoms with van der Waals surface area (Å²) in [6.45, 7) is 2.14. The van der Waals surface area contributed by atoms with Crippen molar-refractivity contribution in [2.24, 2.45) is 0 Å². The highest BCUT2D eigenvalue weighted by Gasteiger charge is 2.24. The van der Waals surface area contributed by atoms with E-state index in [2.05, 4.69) is 142 Å². The Hall–Kier alpha value is -5.81. The summed E-state index contributed by atoms with van der Waals surface area (Å²) >= 11 is 0. The van der Waals surface area contributed by atoms with Crippen molar-refractivity contribution in [1.82, 2.24) is 18.5 Å². The first kappa shape index (κ1) is 22.8. The second kappa shape index (κ2) is 8.14. The highest BCUT2D eigenvalue weighted by molar-refractivity contribution is 6.15. The van der Waals surface area contributed by atoms with Crippen LogP contribution in [0.4, 0.5) is 0 Å². The molecule has 43 heavy (non-hydrogen) atoms. The maximum atomic E-state index is 6.82. The molecule has 0 saturated heterocycles. The van der Waals surface area contributed by atoms with E-state index in [9.17, 15) is 0 Å². The topological polar surface area (TPSA) is 40.3 Å². The van der Waals surface area contributed by atoms with E-state index in [1.807, 2.05) is 6.07 Å². The van der Waals surface area contributed by atoms with E-state index in [4.69, 9.17) is 9.40 Å². The van der Waals surface area contributed by atoms with Gasteiger partial charge in [-0.05, 0) is 67.6 Å². The van der Waals surface area contributed by atoms with Gasteiger partial charge in [0.1, 0.15) is 5.58 Å². The smallest absolute Gasteiger partial charge is 0.220 e. The second-order valence-electron chi connectivity index (χ2n) is 11.3. The summed E-state index contributed by atoms with van der Waals surface area (Å²) in [6.07, 6.45) is 0. The van der Waals surface area contributed by atoms with E-state index in [0.29, 0.717) is 0 Å². The standard InChI is InChI=1S/C38H24N4O/c1-23-18-21-35-26(22-23)36-33(42-32-17-9-8-16-31(32)41-30-15-7-4-12-27(30)39-38(41)42)19-20-34(37(36)43-35)40-28-13-5-2-10-24(28)25-11-3-6-14-29(25)40/h2-22H,1H3. The molecule has 5 nitrogen and oxygen atoms in total. The largest absolute Gasteiger partial charge is 0.454 e. The molecule has 6 aromatic carbocycles. The summed E-state index contributed by atoms with van der Waals surface area (Å²) in [5.74, 6) is 0.885. The molecule has 0 aliphatic heterocycles. The van der Waals surface area contributed by atoms with Crippen LogP contribution in [-0.4, -0.2) is 18.5 Å². The number of benzene rings is 6. The number of rotatable bonds is 2. The number of aromatic nitrogens is 4. The molecule has 0 atom stereocenters. The molecule has 0 fully saturated rings. The van der Waals surface area contributed by atoms with Crippen LogP contribution in [0.5, 0.6) is 0 Å². The van der Waals surface area contributed by atoms with Crippen molar-refractivity contribution < 1.29 is 4.42 Å². The van der Waals surface area contributed by atoms with Crippen LogP contribution < -0.4 is 0 Å². The molecule has 0 amide bonds. The summed E-state index contributed by atoms with van der Waals surface area (Å²) in [7, 11) is 0. The van der Waals surface area contributed by atoms with E-state index >= 15 is 0 Å². The normalized spacial score (nSPS) is 12.3. The minimum atomic E-state index is 0.858. The molecular weight excluding hydrogens is 528 g/mol. The number of para-hydroxylation sites is 6. The first-order chi connectivity index (χ1) is 21.3. The molecule has 0 bridgehead atoms. The van der Waals surface area contributed by atoms with Crippen LogP contribution >= 0.6 is 0 Å². The van der Waals surface area contributed by atoms with Crippen molar-refractivity contribution >= 4 is 71.6 Å². The minimum Gasteiger partial charge on any atom is -0.454 e. The van der Waals surface area contributed by atoms with E-state index < -0.39 is 0 Å². The Morgan fingerprint density at radius 1 is 0.535 bits per heavy atom. The zero-order chi connectivity index (χ0) is 28.2. The van der Waals surface area contributed by atoms with Crippen molar-refractivity contribution in [3.8, 4) is 11.4 Å². The highest BCUT2D eigenvalue weighted by atomic mass is 16.3. The number of furan rings is 1. The van der Waals surface area contributed by atoms with Crippen molar-refractivity contribution in [2.45, 2.75) is 6.92 Å². The van der Waals surface area contributed by atoms with Gasteiger partial charge < -0.3 is 8.98 Å². The van der Waals surface area contributed by atoms with Crippen LogP contribution in [0.1, 0.15) is 5.56 Å². The predicted octanol–water partition coefficient (Wildman–Crippen LogP) is 9.74. The first-order valence-corrected chi connectivity index (χ1v) is 14.6. The van der Waals surface area contributed by atoms with Crippen LogP contribution in [0, 0.1) is 6.92 Å². The van der Waals surface area contributed by atoms with E-state index in [1.165, 1.54) is 16.3 Å². The number of hydrogen-bond acceptors (Lipinski definition) is 2. The van der Waals surface area contributed by atoms with Gasteiger partial charge in [-0.1, -0.05) is 72.3 Å². The molecule has 0 N–H and O–H groups in total. The molecule has 4 aromatic heterocycles. The van der Waals surface area contributed by atoms with Crippen molar-refractivity contribution in [3.63, 3.8) is 0 Å². The van der Waals surface area contributed by atoms with Crippen molar-refractivity contribution in [3.05, 3.63) is 133 Å². The number of fused-ring (bicyclic) bond motifs is 11. The third-order valence-corrected chi connectivity index (χ3v) is 8.90. The first-order valence-electron chi connectivity index (χ1n) is 14.6. The van der Waals surface area contributed by atoms with E-state index in [1.54, 1.807) is 0 Å². The Kier molecular flexibility index (Phi) is 4.32. The predicted molar refractivity (Wildman–Crippen MR) is 176 cm³/mol. The average molecular weight is 553 g/mol. The molecule has 0 aliphatic carbocycles. The van der Waals surface area contributed by atoms with Crippen LogP contribution in [0.2, 0.25) is 0 Å². The number of imidazole rings is 2. The highest BCUT2D eigenvalue weighted by Crippen LogP contribution is 2.42. The quantitative estimate of drug-likeness (QED) is 0.214. The molecule has 10 rings (SSSR count). The summed E-state index contributed by atoms with van der Waals surface area (Å²) in [6, 6.07) is 45.0. The number of hydrogen-bond donors (Lipinski definition) is 0. The lowest BCUT2D eigenvalue weighted by Crippen LogP contribution is -1.99. The van der Waals surface area contributed by atoms with Gasteiger partial charge in [-0.25, -0.2) is 4.98 Å². The van der Waals surface area contributed by atoms with Crippen LogP contribution in [0.3, 0.4) is 0 Å². The van der Waals surface area contributed by atoms with Crippen molar-refractivity contribution in [1.29, 1.82) is 0 Å². The van der Waals surface area contributed by atoms with Gasteiger partial charge in [0.25, 0.3) is 0 Å². The van der Waals surface area contributed by atoms with Gasteiger partial charge in [-0.2, -0.15) is 0 Å². The third kappa shape index (κ3) is 2.93. The molecule has 0 radical (unpaired) electrons. The van der Waals surface area contributed by atoms with Gasteiger partial charge in [0.15, 0.2) is 5.58 Å². The Labute approximate surface area is 245 Å². The van der Waals surface area contributed by atoms with Gasteiger partial charge in [-0.3, -0.25) is 8.97 Å². The molecule has 0 saturated carbocycles. The average Bonchev–Trinajstić information content (AvgIpc) is 3.78. The Morgan fingerprint density at radius 2 is 1.16 bits per heavy atom. The lowest BCUT2D eigenvalue weighted by atomic mass is 10.1. The lowest BCUT2D eigenvalue weighted by molar-refractivity contribution is 0.666. The zero-order valence-corrected chi connectivity index (χ0v) is 23.3. The monoisotopic (exact) mass is 552 g/mol. The fourth-order valence-electron chi connectivity index (χ4n) is 7.10. The third-order valence-electron chi connectivity index (χ3n) is 8.90. The lowest BCUT2D eigenvalue weighted by Gasteiger charge is -2.13. The van der Waals surface area contributed by atoms with E-state index in [0.717, 1.165) is 72.2 Å². The molecule has 0 unspecified atom stereocenters. The van der Waals surface area contributed by atoms with Crippen LogP contribution in [0.25, 0.3) is 83.0 Å². The van der Waals surface area contributed by atoms with Crippen LogP contribution in [0.15, 0.2) is 132 Å². The molecule has 4 heterocycles. The maximum Gasteiger partial charge on any atom is 0.220 e. The van der Waals surface area contributed by atoms with Gasteiger partial charge in [0.05, 0.1) is 49.9 Å². The molecule has 5 heteroatoms. The SMILES string of the molecule is Cc1ccc2oc3c(-n4c5ccccc5c5ccccc54)ccc(-n4c5ccccc5n5c6ccccc6nc45)c3c2c1. The minimum absolute atomic E-state index is 0.858. The molecule has 0 aliphatic rings. The summed E-state index contributed by atoms with van der Waals surface area (Å²) in [5, 5.41) is 4.63. The van der Waals surface area contributed by atoms with Crippen LogP contribution in [-0.2, 0) is 0 Å². The fraction of sp³-hybridized carbons (Fsp3) is 0.0263. The number of aryl methyl sites for hydroxylation is 1. The Morgan fingerprint density at radius 3 is 1.93 bits per heavy atom. The summed E-state index contributed by atoms with van der Waals surface area (Å²) in [4.78, 5) is 5.16. The Balaban J connectivity index is 1.40.